The molecule has 0 unspecified atom stereocenters. The maximum absolute atomic E-state index is 11.0. The summed E-state index contributed by atoms with van der Waals surface area (Å²) in [5.41, 5.74) is 3.07. The van der Waals surface area contributed by atoms with Crippen LogP contribution in [0.2, 0.25) is 0 Å². The minimum atomic E-state index is -0.943. The molecule has 94 valence electrons. The molecule has 0 fully saturated rings. The van der Waals surface area contributed by atoms with Gasteiger partial charge in [0.05, 0.1) is 6.61 Å². The molecule has 0 saturated carbocycles. The number of hydrogen-bond donors (Lipinski definition) is 1. The number of nitrogens with one attached hydrogen (secondary N) is 1. The first-order valence-electron chi connectivity index (χ1n) is 5.46. The summed E-state index contributed by atoms with van der Waals surface area (Å²) >= 11 is 0. The standard InChI is InChI=1S/C13H14N2O3/c1-2-18-13(17)12(16)15-14-10-6-9-11-7-4-3-5-8-11/h3-10H,2H2,1H3,(H,15,16). The van der Waals surface area contributed by atoms with E-state index < -0.39 is 11.9 Å². The lowest BCUT2D eigenvalue weighted by Gasteiger charge is -1.98. The number of carbonyl (C=O) groups is 2. The lowest BCUT2D eigenvalue weighted by Crippen LogP contribution is -2.28. The fraction of sp³-hybridized carbons (Fsp3) is 0.154. The van der Waals surface area contributed by atoms with Gasteiger partial charge in [-0.25, -0.2) is 10.2 Å². The second kappa shape index (κ2) is 7.78. The molecular weight excluding hydrogens is 232 g/mol. The molecule has 1 amide bonds. The summed E-state index contributed by atoms with van der Waals surface area (Å²) in [6.07, 6.45) is 4.85. The van der Waals surface area contributed by atoms with Crippen molar-refractivity contribution in [3.05, 3.63) is 42.0 Å². The van der Waals surface area contributed by atoms with E-state index in [2.05, 4.69) is 15.3 Å². The van der Waals surface area contributed by atoms with Gasteiger partial charge in [0.15, 0.2) is 0 Å². The number of benzene rings is 1. The SMILES string of the molecule is CCOC(=O)C(=O)NN=CC=Cc1ccccc1. The van der Waals surface area contributed by atoms with Crippen LogP contribution >= 0.6 is 0 Å². The molecule has 0 spiro atoms. The molecule has 1 aromatic rings. The number of amides is 1. The van der Waals surface area contributed by atoms with Crippen LogP contribution in [0.5, 0.6) is 0 Å². The molecule has 0 aliphatic heterocycles. The van der Waals surface area contributed by atoms with E-state index in [4.69, 9.17) is 0 Å². The van der Waals surface area contributed by atoms with Crippen molar-refractivity contribution < 1.29 is 14.3 Å². The third kappa shape index (κ3) is 5.07. The number of carbonyl (C=O) groups excluding carboxylic acids is 2. The van der Waals surface area contributed by atoms with Crippen LogP contribution in [0.1, 0.15) is 12.5 Å². The molecule has 5 heteroatoms. The zero-order valence-electron chi connectivity index (χ0n) is 10.00. The predicted octanol–water partition coefficient (Wildman–Crippen LogP) is 1.36. The molecule has 18 heavy (non-hydrogen) atoms. The Labute approximate surface area is 105 Å². The summed E-state index contributed by atoms with van der Waals surface area (Å²) in [7, 11) is 0. The number of hydrazone groups is 1. The van der Waals surface area contributed by atoms with Crippen molar-refractivity contribution in [1.82, 2.24) is 5.43 Å². The highest BCUT2D eigenvalue weighted by Crippen LogP contribution is 1.99. The highest BCUT2D eigenvalue weighted by atomic mass is 16.5. The maximum Gasteiger partial charge on any atom is 0.398 e. The van der Waals surface area contributed by atoms with Crippen LogP contribution in [-0.4, -0.2) is 24.7 Å². The van der Waals surface area contributed by atoms with E-state index in [1.54, 1.807) is 13.0 Å². The Balaban J connectivity index is 2.36. The van der Waals surface area contributed by atoms with Crippen molar-refractivity contribution in [3.8, 4) is 0 Å². The largest absolute Gasteiger partial charge is 0.459 e. The molecule has 0 bridgehead atoms. The van der Waals surface area contributed by atoms with Gasteiger partial charge in [0.2, 0.25) is 0 Å². The number of nitrogens with zero attached hydrogens (tertiary/aromatic N) is 1. The molecule has 0 atom stereocenters. The number of esters is 1. The third-order valence-corrected chi connectivity index (χ3v) is 1.88. The minimum absolute atomic E-state index is 0.157. The first-order chi connectivity index (χ1) is 8.74. The average Bonchev–Trinajstić information content (AvgIpc) is 2.39. The van der Waals surface area contributed by atoms with E-state index in [9.17, 15) is 9.59 Å². The van der Waals surface area contributed by atoms with Gasteiger partial charge in [-0.15, -0.1) is 0 Å². The normalized spacial score (nSPS) is 10.7. The zero-order valence-corrected chi connectivity index (χ0v) is 10.00. The lowest BCUT2D eigenvalue weighted by atomic mass is 10.2. The topological polar surface area (TPSA) is 67.8 Å². The second-order valence-corrected chi connectivity index (χ2v) is 3.21. The van der Waals surface area contributed by atoms with Gasteiger partial charge in [-0.05, 0) is 18.6 Å². The van der Waals surface area contributed by atoms with E-state index >= 15 is 0 Å². The van der Waals surface area contributed by atoms with Gasteiger partial charge in [-0.1, -0.05) is 36.4 Å². The fourth-order valence-electron chi connectivity index (χ4n) is 1.10. The Hall–Kier alpha value is -2.43. The molecule has 1 aromatic carbocycles. The summed E-state index contributed by atoms with van der Waals surface area (Å²) in [4.78, 5) is 21.9. The van der Waals surface area contributed by atoms with Crippen molar-refractivity contribution in [3.63, 3.8) is 0 Å². The van der Waals surface area contributed by atoms with Crippen molar-refractivity contribution in [1.29, 1.82) is 0 Å². The van der Waals surface area contributed by atoms with Crippen LogP contribution in [-0.2, 0) is 14.3 Å². The third-order valence-electron chi connectivity index (χ3n) is 1.88. The number of ether oxygens (including phenoxy) is 1. The van der Waals surface area contributed by atoms with Crippen LogP contribution < -0.4 is 5.43 Å². The molecule has 0 saturated heterocycles. The Kier molecular flexibility index (Phi) is 5.89. The van der Waals surface area contributed by atoms with Crippen molar-refractivity contribution in [2.75, 3.05) is 6.61 Å². The monoisotopic (exact) mass is 246 g/mol. The van der Waals surface area contributed by atoms with Crippen LogP contribution in [0.3, 0.4) is 0 Å². The fourth-order valence-corrected chi connectivity index (χ4v) is 1.10. The van der Waals surface area contributed by atoms with Crippen LogP contribution in [0.15, 0.2) is 41.5 Å². The molecular formula is C13H14N2O3. The van der Waals surface area contributed by atoms with E-state index in [1.165, 1.54) is 6.21 Å². The number of hydrogen-bond acceptors (Lipinski definition) is 4. The van der Waals surface area contributed by atoms with Gasteiger partial charge in [0.1, 0.15) is 0 Å². The van der Waals surface area contributed by atoms with Crippen molar-refractivity contribution in [2.45, 2.75) is 6.92 Å². The summed E-state index contributed by atoms with van der Waals surface area (Å²) in [5.74, 6) is -1.83. The Morgan fingerprint density at radius 2 is 2.06 bits per heavy atom. The van der Waals surface area contributed by atoms with Crippen LogP contribution in [0.25, 0.3) is 6.08 Å². The number of rotatable bonds is 4. The molecule has 0 aliphatic rings. The lowest BCUT2D eigenvalue weighted by molar-refractivity contribution is -0.154. The van der Waals surface area contributed by atoms with Crippen molar-refractivity contribution in [2.24, 2.45) is 5.10 Å². The van der Waals surface area contributed by atoms with Gasteiger partial charge >= 0.3 is 11.9 Å². The molecule has 5 nitrogen and oxygen atoms in total. The van der Waals surface area contributed by atoms with Gasteiger partial charge in [-0.3, -0.25) is 4.79 Å². The molecule has 0 radical (unpaired) electrons. The molecule has 0 aromatic heterocycles. The molecule has 0 aliphatic carbocycles. The summed E-state index contributed by atoms with van der Waals surface area (Å²) in [6.45, 7) is 1.78. The minimum Gasteiger partial charge on any atom is -0.459 e. The smallest absolute Gasteiger partial charge is 0.398 e. The van der Waals surface area contributed by atoms with Gasteiger partial charge in [0.25, 0.3) is 0 Å². The van der Waals surface area contributed by atoms with Gasteiger partial charge in [0, 0.05) is 6.21 Å². The summed E-state index contributed by atoms with van der Waals surface area (Å²) < 4.78 is 4.49. The van der Waals surface area contributed by atoms with E-state index in [0.717, 1.165) is 5.56 Å². The van der Waals surface area contributed by atoms with Gasteiger partial charge < -0.3 is 4.74 Å². The Morgan fingerprint density at radius 3 is 2.72 bits per heavy atom. The predicted molar refractivity (Wildman–Crippen MR) is 68.7 cm³/mol. The Morgan fingerprint density at radius 1 is 1.33 bits per heavy atom. The molecule has 0 heterocycles. The van der Waals surface area contributed by atoms with E-state index in [-0.39, 0.29) is 6.61 Å². The second-order valence-electron chi connectivity index (χ2n) is 3.21. The van der Waals surface area contributed by atoms with Gasteiger partial charge in [-0.2, -0.15) is 5.10 Å². The zero-order chi connectivity index (χ0) is 13.2. The highest BCUT2D eigenvalue weighted by Gasteiger charge is 2.12. The summed E-state index contributed by atoms with van der Waals surface area (Å²) in [5, 5.41) is 3.58. The van der Waals surface area contributed by atoms with Crippen molar-refractivity contribution >= 4 is 24.2 Å². The van der Waals surface area contributed by atoms with Crippen LogP contribution in [0, 0.1) is 0 Å². The Bertz CT molecular complexity index is 453. The maximum atomic E-state index is 11.0. The van der Waals surface area contributed by atoms with Crippen LogP contribution in [0.4, 0.5) is 0 Å². The number of allylic oxidation sites excluding steroid dienone is 1. The molecule has 1 rings (SSSR count). The highest BCUT2D eigenvalue weighted by molar-refractivity contribution is 6.32. The quantitative estimate of drug-likeness (QED) is 0.377. The first kappa shape index (κ1) is 13.6. The van der Waals surface area contributed by atoms with E-state index in [0.29, 0.717) is 0 Å². The van der Waals surface area contributed by atoms with E-state index in [1.807, 2.05) is 36.4 Å². The molecule has 1 N–H and O–H groups in total. The average molecular weight is 246 g/mol. The first-order valence-corrected chi connectivity index (χ1v) is 5.46. The summed E-state index contributed by atoms with van der Waals surface area (Å²) in [6, 6.07) is 9.62.